The highest BCUT2D eigenvalue weighted by atomic mass is 16.4. The molecule has 0 radical (unpaired) electrons. The number of hydrogen-bond donors (Lipinski definition) is 2. The summed E-state index contributed by atoms with van der Waals surface area (Å²) in [5, 5.41) is 15.7. The number of rotatable bonds is 2. The van der Waals surface area contributed by atoms with Crippen molar-refractivity contribution in [2.75, 3.05) is 19.7 Å². The van der Waals surface area contributed by atoms with Crippen LogP contribution in [0.4, 0.5) is 0 Å². The van der Waals surface area contributed by atoms with E-state index in [9.17, 15) is 9.59 Å². The zero-order valence-electron chi connectivity index (χ0n) is 7.42. The Morgan fingerprint density at radius 1 is 1.54 bits per heavy atom. The van der Waals surface area contributed by atoms with Crippen molar-refractivity contribution >= 4 is 11.9 Å². The number of quaternary nitrogens is 1. The normalized spacial score (nSPS) is 28.4. The van der Waals surface area contributed by atoms with Gasteiger partial charge in [-0.05, 0) is 0 Å². The van der Waals surface area contributed by atoms with Gasteiger partial charge in [-0.15, -0.1) is 0 Å². The molecule has 0 aromatic rings. The summed E-state index contributed by atoms with van der Waals surface area (Å²) in [6, 6.07) is 0. The number of nitrogens with one attached hydrogen (secondary N) is 1. The molecule has 1 amide bonds. The molecule has 1 heterocycles. The number of carboxylic acid groups (broad SMARTS) is 1. The van der Waals surface area contributed by atoms with Crippen LogP contribution in [0.3, 0.4) is 0 Å². The largest absolute Gasteiger partial charge is 0.557 e. The Labute approximate surface area is 76.0 Å². The van der Waals surface area contributed by atoms with E-state index >= 15 is 0 Å². The third-order valence-electron chi connectivity index (χ3n) is 2.51. The minimum atomic E-state index is -0.746. The third kappa shape index (κ3) is 2.50. The molecule has 0 bridgehead atoms. The van der Waals surface area contributed by atoms with E-state index in [-0.39, 0.29) is 18.4 Å². The molecule has 0 aliphatic carbocycles. The van der Waals surface area contributed by atoms with Gasteiger partial charge in [-0.3, -0.25) is 4.79 Å². The average molecular weight is 190 g/mol. The Morgan fingerprint density at radius 3 is 2.46 bits per heavy atom. The summed E-state index contributed by atoms with van der Waals surface area (Å²) >= 11 is 0. The minimum Gasteiger partial charge on any atom is -0.481 e. The maximum absolute atomic E-state index is 10.6. The van der Waals surface area contributed by atoms with Gasteiger partial charge in [0, 0.05) is 12.8 Å². The molecule has 1 aliphatic heterocycles. The molecule has 1 aliphatic rings. The monoisotopic (exact) mass is 190 g/mol. The van der Waals surface area contributed by atoms with E-state index in [1.807, 2.05) is 0 Å². The second-order valence-electron chi connectivity index (χ2n) is 3.34. The lowest BCUT2D eigenvalue weighted by Crippen LogP contribution is -3.16. The summed E-state index contributed by atoms with van der Waals surface area (Å²) in [7, 11) is 0. The molecule has 0 spiro atoms. The lowest BCUT2D eigenvalue weighted by Gasteiger charge is -2.21. The molecule has 5 N–H and O–H groups in total. The highest BCUT2D eigenvalue weighted by Gasteiger charge is 2.34. The number of aliphatic carboxylic acids is 1. The molecule has 0 aromatic carbocycles. The summed E-state index contributed by atoms with van der Waals surface area (Å²) in [6.07, 6.45) is 1.18. The molecular formula is C8H16NO4+3. The molecule has 13 heavy (non-hydrogen) atoms. The van der Waals surface area contributed by atoms with Gasteiger partial charge in [0.25, 0.3) is 0 Å². The van der Waals surface area contributed by atoms with Gasteiger partial charge in [0.15, 0.2) is 0 Å². The standard InChI is InChI=1S/C8H13NO4/c10-5-7(11)9-3-1-6(2-4-9)8(12)13/h6,10H,1-5H2,(H,12,13)/p+3. The SMILES string of the molecule is O=C(O)C1CC[NH+](C(=[OH+])C[OH2+])CC1. The highest BCUT2D eigenvalue weighted by molar-refractivity contribution is 5.71. The number of hydrogen-bond acceptors (Lipinski definition) is 1. The number of carbonyl (C=O) groups excluding carboxylic acids is 1. The van der Waals surface area contributed by atoms with E-state index in [0.29, 0.717) is 25.9 Å². The smallest absolute Gasteiger partial charge is 0.481 e. The Bertz CT molecular complexity index is 208. The van der Waals surface area contributed by atoms with Crippen molar-refractivity contribution in [3.8, 4) is 0 Å². The Balaban J connectivity index is 2.39. The number of carboxylic acids is 1. The lowest BCUT2D eigenvalue weighted by atomic mass is 9.97. The third-order valence-corrected chi connectivity index (χ3v) is 2.51. The number of carbonyl (C=O) groups is 1. The van der Waals surface area contributed by atoms with Crippen molar-refractivity contribution < 1.29 is 24.7 Å². The lowest BCUT2D eigenvalue weighted by molar-refractivity contribution is -0.818. The van der Waals surface area contributed by atoms with Gasteiger partial charge in [-0.1, -0.05) is 0 Å². The van der Waals surface area contributed by atoms with Crippen LogP contribution in [-0.4, -0.2) is 46.6 Å². The van der Waals surface area contributed by atoms with Crippen LogP contribution in [0, 0.1) is 5.92 Å². The van der Waals surface area contributed by atoms with Gasteiger partial charge >= 0.3 is 18.5 Å². The van der Waals surface area contributed by atoms with Crippen LogP contribution < -0.4 is 4.90 Å². The molecule has 1 rings (SSSR count). The molecule has 0 unspecified atom stereocenters. The first-order valence-corrected chi connectivity index (χ1v) is 4.42. The molecule has 0 aromatic heterocycles. The fourth-order valence-corrected chi connectivity index (χ4v) is 1.63. The molecule has 74 valence electrons. The van der Waals surface area contributed by atoms with Gasteiger partial charge in [-0.25, -0.2) is 9.69 Å². The van der Waals surface area contributed by atoms with E-state index in [2.05, 4.69) is 0 Å². The van der Waals surface area contributed by atoms with E-state index in [1.54, 1.807) is 0 Å². The van der Waals surface area contributed by atoms with Crippen molar-refractivity contribution in [3.05, 3.63) is 0 Å². The fourth-order valence-electron chi connectivity index (χ4n) is 1.63. The summed E-state index contributed by atoms with van der Waals surface area (Å²) in [6.45, 7) is 1.16. The van der Waals surface area contributed by atoms with Crippen LogP contribution in [0.2, 0.25) is 0 Å². The zero-order chi connectivity index (χ0) is 9.84. The van der Waals surface area contributed by atoms with Crippen molar-refractivity contribution in [1.29, 1.82) is 0 Å². The van der Waals surface area contributed by atoms with Crippen LogP contribution in [0.1, 0.15) is 12.8 Å². The molecule has 1 fully saturated rings. The van der Waals surface area contributed by atoms with Crippen molar-refractivity contribution in [2.24, 2.45) is 5.92 Å². The summed E-state index contributed by atoms with van der Waals surface area (Å²) < 4.78 is 0. The summed E-state index contributed by atoms with van der Waals surface area (Å²) in [5.74, 6) is -0.879. The van der Waals surface area contributed by atoms with Gasteiger partial charge in [0.1, 0.15) is 0 Å². The van der Waals surface area contributed by atoms with Crippen molar-refractivity contribution in [2.45, 2.75) is 12.8 Å². The average Bonchev–Trinajstić information content (AvgIpc) is 2.17. The fraction of sp³-hybridized carbons (Fsp3) is 0.750. The van der Waals surface area contributed by atoms with Gasteiger partial charge in [0.05, 0.1) is 19.0 Å². The first kappa shape index (κ1) is 10.1. The summed E-state index contributed by atoms with van der Waals surface area (Å²) in [4.78, 5) is 20.7. The van der Waals surface area contributed by atoms with E-state index < -0.39 is 5.97 Å². The van der Waals surface area contributed by atoms with E-state index in [4.69, 9.17) is 10.2 Å². The minimum absolute atomic E-state index is 0.0902. The molecule has 5 heteroatoms. The van der Waals surface area contributed by atoms with E-state index in [0.717, 1.165) is 4.90 Å². The van der Waals surface area contributed by atoms with Crippen LogP contribution in [0.5, 0.6) is 0 Å². The predicted octanol–water partition coefficient (Wildman–Crippen LogP) is -2.41. The number of likely N-dealkylation sites (tertiary alicyclic amines) is 1. The highest BCUT2D eigenvalue weighted by Crippen LogP contribution is 2.08. The Morgan fingerprint density at radius 2 is 2.08 bits per heavy atom. The van der Waals surface area contributed by atoms with Crippen LogP contribution in [0.15, 0.2) is 0 Å². The van der Waals surface area contributed by atoms with Crippen LogP contribution >= 0.6 is 0 Å². The first-order chi connectivity index (χ1) is 6.15. The Hall–Kier alpha value is -0.940. The molecule has 5 nitrogen and oxygen atoms in total. The van der Waals surface area contributed by atoms with Crippen LogP contribution in [0.25, 0.3) is 0 Å². The Kier molecular flexibility index (Phi) is 3.39. The van der Waals surface area contributed by atoms with Crippen molar-refractivity contribution in [1.82, 2.24) is 0 Å². The second kappa shape index (κ2) is 4.34. The van der Waals surface area contributed by atoms with Gasteiger partial charge < -0.3 is 10.2 Å². The molecule has 1 saturated heterocycles. The van der Waals surface area contributed by atoms with Crippen molar-refractivity contribution in [3.63, 3.8) is 0 Å². The maximum Gasteiger partial charge on any atom is 0.557 e. The quantitative estimate of drug-likeness (QED) is 0.475. The number of piperidine rings is 1. The molecule has 0 saturated carbocycles. The van der Waals surface area contributed by atoms with E-state index in [1.165, 1.54) is 0 Å². The maximum atomic E-state index is 10.6. The second-order valence-corrected chi connectivity index (χ2v) is 3.34. The van der Waals surface area contributed by atoms with Gasteiger partial charge in [-0.2, -0.15) is 0 Å². The van der Waals surface area contributed by atoms with Gasteiger partial charge in [0.2, 0.25) is 0 Å². The van der Waals surface area contributed by atoms with Crippen LogP contribution in [-0.2, 0) is 4.79 Å². The predicted molar refractivity (Wildman–Crippen MR) is 46.5 cm³/mol. The topological polar surface area (TPSA) is 86.0 Å². The zero-order valence-corrected chi connectivity index (χ0v) is 7.42. The number of amides is 1. The molecule has 0 atom stereocenters. The summed E-state index contributed by atoms with van der Waals surface area (Å²) in [5.41, 5.74) is 0. The molecular weight excluding hydrogens is 174 g/mol. The first-order valence-electron chi connectivity index (χ1n) is 4.42.